The molecule has 3 rings (SSSR count). The largest absolute Gasteiger partial charge is 0.493 e. The maximum Gasteiger partial charge on any atom is 0.164 e. The highest BCUT2D eigenvalue weighted by atomic mass is 16.5. The highest BCUT2D eigenvalue weighted by Crippen LogP contribution is 2.37. The van der Waals surface area contributed by atoms with Gasteiger partial charge in [-0.05, 0) is 6.07 Å². The highest BCUT2D eigenvalue weighted by Gasteiger charge is 2.16. The molecule has 1 aromatic rings. The normalized spacial score (nSPS) is 11.0. The summed E-state index contributed by atoms with van der Waals surface area (Å²) in [6.07, 6.45) is 3.23. The van der Waals surface area contributed by atoms with E-state index in [1.807, 2.05) is 24.3 Å². The lowest BCUT2D eigenvalue weighted by atomic mass is 10.1. The van der Waals surface area contributed by atoms with Crippen LogP contribution in [0.2, 0.25) is 0 Å². The van der Waals surface area contributed by atoms with Gasteiger partial charge in [-0.1, -0.05) is 18.2 Å². The average Bonchev–Trinajstić information content (AvgIpc) is 2.67. The zero-order valence-electron chi connectivity index (χ0n) is 8.23. The maximum atomic E-state index is 5.26. The number of fused-ring (bicyclic) bond motifs is 3. The van der Waals surface area contributed by atoms with E-state index >= 15 is 0 Å². The monoisotopic (exact) mass is 199 g/mol. The van der Waals surface area contributed by atoms with Crippen molar-refractivity contribution in [2.24, 2.45) is 0 Å². The Hall–Kier alpha value is -2.03. The van der Waals surface area contributed by atoms with E-state index in [9.17, 15) is 0 Å². The number of nitrogens with zero attached hydrogens (tertiary/aromatic N) is 1. The first-order valence-electron chi connectivity index (χ1n) is 4.69. The van der Waals surface area contributed by atoms with Crippen LogP contribution in [0.4, 0.5) is 0 Å². The lowest BCUT2D eigenvalue weighted by Gasteiger charge is -2.04. The molecule has 0 unspecified atom stereocenters. The zero-order chi connectivity index (χ0) is 10.3. The van der Waals surface area contributed by atoms with Crippen molar-refractivity contribution in [2.45, 2.75) is 0 Å². The summed E-state index contributed by atoms with van der Waals surface area (Å²) < 4.78 is 10.4. The minimum absolute atomic E-state index is 0.723. The molecule has 0 spiro atoms. The fourth-order valence-corrected chi connectivity index (χ4v) is 1.82. The summed E-state index contributed by atoms with van der Waals surface area (Å²) in [5, 5.41) is 1.10. The van der Waals surface area contributed by atoms with E-state index < -0.39 is 0 Å². The summed E-state index contributed by atoms with van der Waals surface area (Å²) in [6, 6.07) is 7.98. The third-order valence-electron chi connectivity index (χ3n) is 2.49. The Bertz CT molecular complexity index is 585. The summed E-state index contributed by atoms with van der Waals surface area (Å²) >= 11 is 0. The summed E-state index contributed by atoms with van der Waals surface area (Å²) in [7, 11) is 1.63. The molecule has 0 saturated carbocycles. The first kappa shape index (κ1) is 8.29. The number of rotatable bonds is 1. The van der Waals surface area contributed by atoms with Crippen LogP contribution in [0, 0.1) is 0 Å². The van der Waals surface area contributed by atoms with Gasteiger partial charge in [-0.15, -0.1) is 0 Å². The van der Waals surface area contributed by atoms with E-state index in [0.717, 1.165) is 27.9 Å². The molecule has 0 aromatic heterocycles. The van der Waals surface area contributed by atoms with Gasteiger partial charge in [0.1, 0.15) is 18.2 Å². The second-order valence-electron chi connectivity index (χ2n) is 3.33. The van der Waals surface area contributed by atoms with Gasteiger partial charge in [0.25, 0.3) is 0 Å². The molecule has 0 fully saturated rings. The number of ether oxygens (including phenoxy) is 1. The quantitative estimate of drug-likeness (QED) is 0.604. The lowest BCUT2D eigenvalue weighted by Crippen LogP contribution is -1.86. The molecule has 3 heteroatoms. The fraction of sp³-hybridized carbons (Fsp3) is 0.0833. The van der Waals surface area contributed by atoms with Crippen LogP contribution >= 0.6 is 0 Å². The van der Waals surface area contributed by atoms with Crippen molar-refractivity contribution in [3.63, 3.8) is 0 Å². The zero-order valence-corrected chi connectivity index (χ0v) is 8.23. The molecule has 0 bridgehead atoms. The van der Waals surface area contributed by atoms with Gasteiger partial charge in [0.05, 0.1) is 18.2 Å². The van der Waals surface area contributed by atoms with Gasteiger partial charge in [0.2, 0.25) is 0 Å². The molecule has 0 N–H and O–H groups in total. The molecule has 2 heterocycles. The second-order valence-corrected chi connectivity index (χ2v) is 3.33. The van der Waals surface area contributed by atoms with Crippen LogP contribution in [0.15, 0.2) is 41.2 Å². The number of aromatic nitrogens is 1. The van der Waals surface area contributed by atoms with Crippen LogP contribution in [0.25, 0.3) is 22.2 Å². The number of benzene rings is 1. The number of hydrogen-bond acceptors (Lipinski definition) is 3. The molecule has 2 aliphatic rings. The predicted molar refractivity (Wildman–Crippen MR) is 57.2 cm³/mol. The number of para-hydroxylation sites is 1. The Kier molecular flexibility index (Phi) is 1.65. The van der Waals surface area contributed by atoms with Crippen LogP contribution < -0.4 is 4.74 Å². The van der Waals surface area contributed by atoms with Crippen molar-refractivity contribution in [3.8, 4) is 17.0 Å². The van der Waals surface area contributed by atoms with Gasteiger partial charge in [0.15, 0.2) is 5.75 Å². The lowest BCUT2D eigenvalue weighted by molar-refractivity contribution is 0.393. The topological polar surface area (TPSA) is 35.3 Å². The molecule has 0 atom stereocenters. The van der Waals surface area contributed by atoms with Gasteiger partial charge < -0.3 is 9.15 Å². The van der Waals surface area contributed by atoms with Gasteiger partial charge in [0, 0.05) is 5.39 Å². The molecule has 0 radical (unpaired) electrons. The third-order valence-corrected chi connectivity index (χ3v) is 2.49. The van der Waals surface area contributed by atoms with E-state index in [-0.39, 0.29) is 0 Å². The smallest absolute Gasteiger partial charge is 0.164 e. The van der Waals surface area contributed by atoms with Crippen LogP contribution in [0.3, 0.4) is 0 Å². The molecule has 0 aliphatic carbocycles. The SMILES string of the molecule is COc1cocc2nc3ccccc3c1-2. The minimum atomic E-state index is 0.723. The van der Waals surface area contributed by atoms with Crippen molar-refractivity contribution in [1.29, 1.82) is 0 Å². The van der Waals surface area contributed by atoms with E-state index in [1.54, 1.807) is 19.6 Å². The molecule has 2 aliphatic heterocycles. The molecule has 74 valence electrons. The van der Waals surface area contributed by atoms with Crippen molar-refractivity contribution in [2.75, 3.05) is 7.11 Å². The van der Waals surface area contributed by atoms with Gasteiger partial charge in [-0.2, -0.15) is 0 Å². The van der Waals surface area contributed by atoms with Gasteiger partial charge in [-0.25, -0.2) is 4.98 Å². The summed E-state index contributed by atoms with van der Waals surface area (Å²) in [6.45, 7) is 0. The van der Waals surface area contributed by atoms with E-state index in [1.165, 1.54) is 0 Å². The van der Waals surface area contributed by atoms with E-state index in [4.69, 9.17) is 9.15 Å². The number of hydrogen-bond donors (Lipinski definition) is 0. The van der Waals surface area contributed by atoms with Crippen LogP contribution in [0.1, 0.15) is 0 Å². The summed E-state index contributed by atoms with van der Waals surface area (Å²) in [4.78, 5) is 4.45. The molecular weight excluding hydrogens is 190 g/mol. The van der Waals surface area contributed by atoms with Crippen molar-refractivity contribution in [3.05, 3.63) is 36.8 Å². The standard InChI is InChI=1S/C12H9NO2/c1-14-11-7-15-6-10-12(11)8-4-2-3-5-9(8)13-10/h2-7H,1H3. The summed E-state index contributed by atoms with van der Waals surface area (Å²) in [5.74, 6) is 0.723. The Morgan fingerprint density at radius 2 is 2.07 bits per heavy atom. The van der Waals surface area contributed by atoms with E-state index in [2.05, 4.69) is 4.98 Å². The Balaban J connectivity index is 2.49. The van der Waals surface area contributed by atoms with Crippen molar-refractivity contribution < 1.29 is 9.15 Å². The van der Waals surface area contributed by atoms with E-state index in [0.29, 0.717) is 0 Å². The predicted octanol–water partition coefficient (Wildman–Crippen LogP) is 2.94. The first-order chi connectivity index (χ1) is 7.40. The number of methoxy groups -OCH3 is 1. The molecular formula is C12H9NO2. The third kappa shape index (κ3) is 1.09. The van der Waals surface area contributed by atoms with Gasteiger partial charge in [-0.3, -0.25) is 0 Å². The fourth-order valence-electron chi connectivity index (χ4n) is 1.82. The Labute approximate surface area is 86.6 Å². The Morgan fingerprint density at radius 3 is 2.93 bits per heavy atom. The molecule has 1 aromatic carbocycles. The van der Waals surface area contributed by atoms with Gasteiger partial charge >= 0.3 is 0 Å². The maximum absolute atomic E-state index is 5.26. The van der Waals surface area contributed by atoms with Crippen molar-refractivity contribution >= 4 is 10.9 Å². The van der Waals surface area contributed by atoms with Crippen LogP contribution in [-0.4, -0.2) is 12.1 Å². The average molecular weight is 199 g/mol. The molecule has 0 saturated heterocycles. The van der Waals surface area contributed by atoms with Crippen LogP contribution in [-0.2, 0) is 0 Å². The second kappa shape index (κ2) is 2.98. The molecule has 15 heavy (non-hydrogen) atoms. The molecule has 0 amide bonds. The van der Waals surface area contributed by atoms with Crippen LogP contribution in [0.5, 0.6) is 5.75 Å². The molecule has 3 nitrogen and oxygen atoms in total. The Morgan fingerprint density at radius 1 is 1.20 bits per heavy atom. The highest BCUT2D eigenvalue weighted by molar-refractivity contribution is 5.99. The first-order valence-corrected chi connectivity index (χ1v) is 4.69. The summed E-state index contributed by atoms with van der Waals surface area (Å²) in [5.41, 5.74) is 2.81. The van der Waals surface area contributed by atoms with Crippen molar-refractivity contribution in [1.82, 2.24) is 4.98 Å². The minimum Gasteiger partial charge on any atom is -0.493 e.